The first-order valence-electron chi connectivity index (χ1n) is 9.12. The van der Waals surface area contributed by atoms with Gasteiger partial charge < -0.3 is 14.8 Å². The Morgan fingerprint density at radius 1 is 1.04 bits per heavy atom. The summed E-state index contributed by atoms with van der Waals surface area (Å²) in [5.74, 6) is 0.368. The quantitative estimate of drug-likeness (QED) is 0.689. The largest absolute Gasteiger partial charge is 0.496 e. The van der Waals surface area contributed by atoms with E-state index in [2.05, 4.69) is 43.4 Å². The second-order valence-corrected chi connectivity index (χ2v) is 6.65. The molecule has 2 aromatic rings. The van der Waals surface area contributed by atoms with Crippen LogP contribution in [-0.2, 0) is 27.2 Å². The van der Waals surface area contributed by atoms with Crippen LogP contribution in [0.4, 0.5) is 0 Å². The van der Waals surface area contributed by atoms with Crippen molar-refractivity contribution in [3.63, 3.8) is 0 Å². The Hall–Kier alpha value is -2.82. The number of carbonyl (C=O) groups is 2. The van der Waals surface area contributed by atoms with Gasteiger partial charge in [-0.1, -0.05) is 56.3 Å². The summed E-state index contributed by atoms with van der Waals surface area (Å²) in [5.41, 5.74) is 3.19. The molecule has 0 aliphatic rings. The van der Waals surface area contributed by atoms with E-state index >= 15 is 0 Å². The molecule has 0 aliphatic heterocycles. The number of hydrogen-bond acceptors (Lipinski definition) is 4. The summed E-state index contributed by atoms with van der Waals surface area (Å²) in [6, 6.07) is 15.6. The normalized spacial score (nSPS) is 10.5. The molecule has 5 heteroatoms. The van der Waals surface area contributed by atoms with Gasteiger partial charge in [0.25, 0.3) is 5.91 Å². The highest BCUT2D eigenvalue weighted by atomic mass is 16.5. The van der Waals surface area contributed by atoms with Crippen molar-refractivity contribution in [2.75, 3.05) is 20.3 Å². The Kier molecular flexibility index (Phi) is 7.86. The van der Waals surface area contributed by atoms with E-state index in [1.165, 1.54) is 5.56 Å². The molecule has 2 aromatic carbocycles. The summed E-state index contributed by atoms with van der Waals surface area (Å²) in [6.07, 6.45) is 0.804. The molecule has 144 valence electrons. The van der Waals surface area contributed by atoms with Crippen LogP contribution in [0.1, 0.15) is 36.5 Å². The third-order valence-electron chi connectivity index (χ3n) is 4.27. The monoisotopic (exact) mass is 369 g/mol. The molecular formula is C22H27NO4. The first kappa shape index (κ1) is 20.5. The van der Waals surface area contributed by atoms with Gasteiger partial charge in [0.2, 0.25) is 0 Å². The van der Waals surface area contributed by atoms with Gasteiger partial charge in [-0.25, -0.2) is 0 Å². The van der Waals surface area contributed by atoms with Crippen LogP contribution in [0.3, 0.4) is 0 Å². The molecule has 5 nitrogen and oxygen atoms in total. The van der Waals surface area contributed by atoms with Gasteiger partial charge in [0.1, 0.15) is 5.75 Å². The lowest BCUT2D eigenvalue weighted by Crippen LogP contribution is -2.30. The van der Waals surface area contributed by atoms with Crippen LogP contribution in [0.5, 0.6) is 5.75 Å². The molecule has 0 fully saturated rings. The van der Waals surface area contributed by atoms with E-state index in [0.717, 1.165) is 17.5 Å². The number of rotatable bonds is 9. The summed E-state index contributed by atoms with van der Waals surface area (Å²) < 4.78 is 10.2. The van der Waals surface area contributed by atoms with Gasteiger partial charge in [-0.3, -0.25) is 9.59 Å². The zero-order valence-electron chi connectivity index (χ0n) is 16.2. The van der Waals surface area contributed by atoms with Gasteiger partial charge in [-0.15, -0.1) is 0 Å². The number of para-hydroxylation sites is 1. The molecule has 0 spiro atoms. The predicted molar refractivity (Wildman–Crippen MR) is 105 cm³/mol. The Morgan fingerprint density at radius 3 is 2.41 bits per heavy atom. The Bertz CT molecular complexity index is 753. The van der Waals surface area contributed by atoms with Crippen LogP contribution < -0.4 is 10.1 Å². The molecule has 0 saturated heterocycles. The van der Waals surface area contributed by atoms with Gasteiger partial charge >= 0.3 is 5.97 Å². The predicted octanol–water partition coefficient (Wildman–Crippen LogP) is 3.26. The van der Waals surface area contributed by atoms with E-state index in [0.29, 0.717) is 18.2 Å². The SMILES string of the molecule is COc1ccccc1CC(=O)OCC(=O)NCCc1ccc(C(C)C)cc1. The van der Waals surface area contributed by atoms with Crippen LogP contribution in [0.15, 0.2) is 48.5 Å². The van der Waals surface area contributed by atoms with Gasteiger partial charge in [-0.2, -0.15) is 0 Å². The highest BCUT2D eigenvalue weighted by Gasteiger charge is 2.11. The molecule has 0 saturated carbocycles. The zero-order valence-corrected chi connectivity index (χ0v) is 16.2. The lowest BCUT2D eigenvalue weighted by Gasteiger charge is -2.09. The van der Waals surface area contributed by atoms with Crippen LogP contribution >= 0.6 is 0 Å². The maximum Gasteiger partial charge on any atom is 0.310 e. The number of carbonyl (C=O) groups excluding carboxylic acids is 2. The minimum absolute atomic E-state index is 0.0689. The van der Waals surface area contributed by atoms with Gasteiger partial charge in [0, 0.05) is 12.1 Å². The van der Waals surface area contributed by atoms with Crippen molar-refractivity contribution in [1.29, 1.82) is 0 Å². The molecule has 0 heterocycles. The van der Waals surface area contributed by atoms with Gasteiger partial charge in [0.15, 0.2) is 6.61 Å². The molecule has 0 bridgehead atoms. The van der Waals surface area contributed by atoms with Crippen LogP contribution in [-0.4, -0.2) is 32.1 Å². The van der Waals surface area contributed by atoms with Crippen LogP contribution in [0.25, 0.3) is 0 Å². The van der Waals surface area contributed by atoms with Gasteiger partial charge in [0.05, 0.1) is 13.5 Å². The molecule has 0 aliphatic carbocycles. The van der Waals surface area contributed by atoms with E-state index in [4.69, 9.17) is 9.47 Å². The van der Waals surface area contributed by atoms with Crippen molar-refractivity contribution in [2.45, 2.75) is 32.6 Å². The number of methoxy groups -OCH3 is 1. The smallest absolute Gasteiger partial charge is 0.310 e. The molecule has 0 unspecified atom stereocenters. The number of amides is 1. The van der Waals surface area contributed by atoms with E-state index < -0.39 is 5.97 Å². The Labute approximate surface area is 160 Å². The standard InChI is InChI=1S/C22H27NO4/c1-16(2)18-10-8-17(9-11-18)12-13-23-21(24)15-27-22(25)14-19-6-4-5-7-20(19)26-3/h4-11,16H,12-15H2,1-3H3,(H,23,24). The third-order valence-corrected chi connectivity index (χ3v) is 4.27. The fraction of sp³-hybridized carbons (Fsp3) is 0.364. The number of esters is 1. The van der Waals surface area contributed by atoms with E-state index in [-0.39, 0.29) is 18.9 Å². The number of benzene rings is 2. The molecule has 0 atom stereocenters. The van der Waals surface area contributed by atoms with Crippen LogP contribution in [0, 0.1) is 0 Å². The number of nitrogens with one attached hydrogen (secondary N) is 1. The number of hydrogen-bond donors (Lipinski definition) is 1. The molecular weight excluding hydrogens is 342 g/mol. The summed E-state index contributed by atoms with van der Waals surface area (Å²) in [5, 5.41) is 2.77. The lowest BCUT2D eigenvalue weighted by atomic mass is 10.0. The van der Waals surface area contributed by atoms with Crippen molar-refractivity contribution in [3.05, 3.63) is 65.2 Å². The molecule has 1 amide bonds. The second kappa shape index (κ2) is 10.4. The third kappa shape index (κ3) is 6.77. The number of ether oxygens (including phenoxy) is 2. The highest BCUT2D eigenvalue weighted by Crippen LogP contribution is 2.18. The fourth-order valence-corrected chi connectivity index (χ4v) is 2.67. The Balaban J connectivity index is 1.69. The molecule has 1 N–H and O–H groups in total. The summed E-state index contributed by atoms with van der Waals surface area (Å²) in [7, 11) is 1.55. The molecule has 0 radical (unpaired) electrons. The highest BCUT2D eigenvalue weighted by molar-refractivity contribution is 5.81. The van der Waals surface area contributed by atoms with Crippen molar-refractivity contribution in [1.82, 2.24) is 5.32 Å². The lowest BCUT2D eigenvalue weighted by molar-refractivity contribution is -0.147. The minimum Gasteiger partial charge on any atom is -0.496 e. The average Bonchev–Trinajstić information content (AvgIpc) is 2.67. The maximum absolute atomic E-state index is 11.9. The van der Waals surface area contributed by atoms with Crippen molar-refractivity contribution in [3.8, 4) is 5.75 Å². The first-order valence-corrected chi connectivity index (χ1v) is 9.12. The molecule has 2 rings (SSSR count). The fourth-order valence-electron chi connectivity index (χ4n) is 2.67. The average molecular weight is 369 g/mol. The second-order valence-electron chi connectivity index (χ2n) is 6.65. The maximum atomic E-state index is 11.9. The summed E-state index contributed by atoms with van der Waals surface area (Å²) in [6.45, 7) is 4.54. The van der Waals surface area contributed by atoms with Gasteiger partial charge in [-0.05, 0) is 29.5 Å². The molecule has 27 heavy (non-hydrogen) atoms. The van der Waals surface area contributed by atoms with E-state index in [1.54, 1.807) is 19.2 Å². The Morgan fingerprint density at radius 2 is 1.74 bits per heavy atom. The van der Waals surface area contributed by atoms with E-state index in [9.17, 15) is 9.59 Å². The topological polar surface area (TPSA) is 64.6 Å². The first-order chi connectivity index (χ1) is 13.0. The summed E-state index contributed by atoms with van der Waals surface area (Å²) >= 11 is 0. The molecule has 0 aromatic heterocycles. The minimum atomic E-state index is -0.459. The van der Waals surface area contributed by atoms with Crippen molar-refractivity contribution < 1.29 is 19.1 Å². The van der Waals surface area contributed by atoms with Crippen molar-refractivity contribution >= 4 is 11.9 Å². The van der Waals surface area contributed by atoms with E-state index in [1.807, 2.05) is 12.1 Å². The summed E-state index contributed by atoms with van der Waals surface area (Å²) in [4.78, 5) is 23.8. The zero-order chi connectivity index (χ0) is 19.6. The van der Waals surface area contributed by atoms with Crippen LogP contribution in [0.2, 0.25) is 0 Å². The van der Waals surface area contributed by atoms with Crippen molar-refractivity contribution in [2.24, 2.45) is 0 Å².